The van der Waals surface area contributed by atoms with Gasteiger partial charge in [-0.25, -0.2) is 17.8 Å². The molecule has 0 radical (unpaired) electrons. The van der Waals surface area contributed by atoms with Gasteiger partial charge in [0.15, 0.2) is 20.8 Å². The van der Waals surface area contributed by atoms with Gasteiger partial charge in [-0.2, -0.15) is 9.97 Å². The maximum atomic E-state index is 15.0. The molecule has 33 heavy (non-hydrogen) atoms. The minimum absolute atomic E-state index is 0.00307. The zero-order valence-corrected chi connectivity index (χ0v) is 20.3. The molecule has 0 spiro atoms. The monoisotopic (exact) mass is 497 g/mol. The molecule has 1 unspecified atom stereocenters. The van der Waals surface area contributed by atoms with E-state index in [1.54, 1.807) is 0 Å². The summed E-state index contributed by atoms with van der Waals surface area (Å²) in [4.78, 5) is 17.3. The van der Waals surface area contributed by atoms with Crippen molar-refractivity contribution in [3.05, 3.63) is 17.2 Å². The summed E-state index contributed by atoms with van der Waals surface area (Å²) in [5, 5.41) is -0.372. The predicted molar refractivity (Wildman–Crippen MR) is 125 cm³/mol. The fraction of sp³-hybridized carbons (Fsp3) is 0.682. The van der Waals surface area contributed by atoms with Crippen molar-refractivity contribution < 1.29 is 17.5 Å². The SMILES string of the molecule is CS(=O)(=O)C1CCCCN(c2nc(OCC34CCCN3CCC4)nc3c(F)c(Cl)ncc23)C1. The van der Waals surface area contributed by atoms with Crippen LogP contribution in [0.1, 0.15) is 44.9 Å². The topological polar surface area (TPSA) is 88.5 Å². The second-order valence-corrected chi connectivity index (χ2v) is 12.2. The van der Waals surface area contributed by atoms with E-state index >= 15 is 0 Å². The predicted octanol–water partition coefficient (Wildman–Crippen LogP) is 3.23. The van der Waals surface area contributed by atoms with Crippen molar-refractivity contribution in [2.45, 2.75) is 55.7 Å². The van der Waals surface area contributed by atoms with Crippen molar-refractivity contribution in [2.75, 3.05) is 43.9 Å². The Bertz CT molecular complexity index is 1150. The molecule has 3 aliphatic heterocycles. The van der Waals surface area contributed by atoms with Gasteiger partial charge in [0, 0.05) is 25.5 Å². The highest BCUT2D eigenvalue weighted by atomic mass is 35.5. The summed E-state index contributed by atoms with van der Waals surface area (Å²) >= 11 is 5.95. The number of hydrogen-bond acceptors (Lipinski definition) is 8. The first-order chi connectivity index (χ1) is 15.8. The third kappa shape index (κ3) is 4.37. The standard InChI is InChI=1S/C22H29ClFN5O3S/c1-33(30,31)15-6-2-3-9-28(13-15)20-16-12-25-19(23)17(24)18(16)26-21(27-20)32-14-22-7-4-10-29(22)11-5-8-22/h12,15H,2-11,13-14H2,1H3. The van der Waals surface area contributed by atoms with Crippen LogP contribution in [-0.2, 0) is 9.84 Å². The van der Waals surface area contributed by atoms with Gasteiger partial charge in [0.25, 0.3) is 0 Å². The second kappa shape index (κ2) is 8.78. The normalized spacial score (nSPS) is 23.6. The number of ether oxygens (including phenoxy) is 1. The van der Waals surface area contributed by atoms with Crippen LogP contribution in [0.25, 0.3) is 10.9 Å². The summed E-state index contributed by atoms with van der Waals surface area (Å²) in [6.45, 7) is 3.49. The number of nitrogens with zero attached hydrogens (tertiary/aromatic N) is 5. The molecule has 3 saturated heterocycles. The van der Waals surface area contributed by atoms with Gasteiger partial charge in [0.2, 0.25) is 0 Å². The first kappa shape index (κ1) is 23.0. The number of hydrogen-bond donors (Lipinski definition) is 0. The lowest BCUT2D eigenvalue weighted by Gasteiger charge is -2.31. The zero-order chi connectivity index (χ0) is 23.2. The van der Waals surface area contributed by atoms with Crippen LogP contribution < -0.4 is 9.64 Å². The minimum Gasteiger partial charge on any atom is -0.461 e. The summed E-state index contributed by atoms with van der Waals surface area (Å²) < 4.78 is 45.7. The average Bonchev–Trinajstić information content (AvgIpc) is 3.24. The Balaban J connectivity index is 1.52. The van der Waals surface area contributed by atoms with Gasteiger partial charge in [-0.05, 0) is 51.6 Å². The van der Waals surface area contributed by atoms with Crippen LogP contribution in [0.2, 0.25) is 5.15 Å². The van der Waals surface area contributed by atoms with Crippen molar-refractivity contribution in [2.24, 2.45) is 0 Å². The summed E-state index contributed by atoms with van der Waals surface area (Å²) in [5.74, 6) is -0.278. The molecule has 0 bridgehead atoms. The maximum Gasteiger partial charge on any atom is 0.319 e. The molecule has 2 aromatic heterocycles. The average molecular weight is 498 g/mol. The highest BCUT2D eigenvalue weighted by molar-refractivity contribution is 7.91. The van der Waals surface area contributed by atoms with Crippen LogP contribution in [0.4, 0.5) is 10.2 Å². The molecule has 0 aliphatic carbocycles. The van der Waals surface area contributed by atoms with Gasteiger partial charge in [-0.15, -0.1) is 0 Å². The quantitative estimate of drug-likeness (QED) is 0.582. The second-order valence-electron chi connectivity index (χ2n) is 9.56. The van der Waals surface area contributed by atoms with E-state index in [1.807, 2.05) is 4.90 Å². The van der Waals surface area contributed by atoms with E-state index in [9.17, 15) is 12.8 Å². The fourth-order valence-corrected chi connectivity index (χ4v) is 6.79. The van der Waals surface area contributed by atoms with Crippen LogP contribution in [0, 0.1) is 5.82 Å². The molecule has 8 nitrogen and oxygen atoms in total. The molecule has 0 N–H and O–H groups in total. The largest absolute Gasteiger partial charge is 0.461 e. The third-order valence-corrected chi connectivity index (χ3v) is 9.27. The van der Waals surface area contributed by atoms with Crippen molar-refractivity contribution in [1.29, 1.82) is 0 Å². The van der Waals surface area contributed by atoms with Crippen LogP contribution in [0.15, 0.2) is 6.20 Å². The molecule has 180 valence electrons. The van der Waals surface area contributed by atoms with Crippen LogP contribution in [0.5, 0.6) is 6.01 Å². The molecule has 5 rings (SSSR count). The highest BCUT2D eigenvalue weighted by Gasteiger charge is 2.45. The van der Waals surface area contributed by atoms with Crippen LogP contribution in [-0.4, -0.2) is 78.1 Å². The number of halogens is 2. The molecule has 11 heteroatoms. The van der Waals surface area contributed by atoms with E-state index in [0.717, 1.165) is 51.6 Å². The molecule has 3 aliphatic rings. The first-order valence-corrected chi connectivity index (χ1v) is 13.9. The van der Waals surface area contributed by atoms with Gasteiger partial charge in [-0.1, -0.05) is 18.0 Å². The van der Waals surface area contributed by atoms with Gasteiger partial charge in [-0.3, -0.25) is 4.90 Å². The minimum atomic E-state index is -3.23. The van der Waals surface area contributed by atoms with Gasteiger partial charge >= 0.3 is 6.01 Å². The van der Waals surface area contributed by atoms with Gasteiger partial charge < -0.3 is 9.64 Å². The number of aromatic nitrogens is 3. The molecule has 0 amide bonds. The van der Waals surface area contributed by atoms with E-state index in [4.69, 9.17) is 16.3 Å². The summed E-state index contributed by atoms with van der Waals surface area (Å²) in [6.07, 6.45) is 9.36. The third-order valence-electron chi connectivity index (χ3n) is 7.42. The molecule has 1 atom stereocenters. The summed E-state index contributed by atoms with van der Waals surface area (Å²) in [6, 6.07) is 0.0898. The maximum absolute atomic E-state index is 15.0. The molecule has 2 aromatic rings. The Kier molecular flexibility index (Phi) is 6.11. The fourth-order valence-electron chi connectivity index (χ4n) is 5.61. The number of fused-ring (bicyclic) bond motifs is 2. The van der Waals surface area contributed by atoms with E-state index < -0.39 is 20.9 Å². The molecular formula is C22H29ClFN5O3S. The number of sulfone groups is 1. The van der Waals surface area contributed by atoms with Gasteiger partial charge in [0.1, 0.15) is 17.9 Å². The highest BCUT2D eigenvalue weighted by Crippen LogP contribution is 2.39. The Labute approximate surface area is 198 Å². The molecule has 0 saturated carbocycles. The Hall–Kier alpha value is -1.78. The molecular weight excluding hydrogens is 469 g/mol. The van der Waals surface area contributed by atoms with Crippen molar-refractivity contribution in [3.8, 4) is 6.01 Å². The Morgan fingerprint density at radius 2 is 1.94 bits per heavy atom. The summed E-state index contributed by atoms with van der Waals surface area (Å²) in [5.41, 5.74) is 0.0408. The van der Waals surface area contributed by atoms with Crippen molar-refractivity contribution in [1.82, 2.24) is 19.9 Å². The lowest BCUT2D eigenvalue weighted by Crippen LogP contribution is -2.43. The Morgan fingerprint density at radius 1 is 1.18 bits per heavy atom. The summed E-state index contributed by atoms with van der Waals surface area (Å²) in [7, 11) is -3.23. The van der Waals surface area contributed by atoms with Crippen LogP contribution in [0.3, 0.4) is 0 Å². The van der Waals surface area contributed by atoms with Gasteiger partial charge in [0.05, 0.1) is 16.2 Å². The lowest BCUT2D eigenvalue weighted by atomic mass is 9.95. The number of pyridine rings is 1. The first-order valence-electron chi connectivity index (χ1n) is 11.6. The Morgan fingerprint density at radius 3 is 2.67 bits per heavy atom. The molecule has 5 heterocycles. The van der Waals surface area contributed by atoms with E-state index in [1.165, 1.54) is 12.5 Å². The lowest BCUT2D eigenvalue weighted by molar-refractivity contribution is 0.108. The van der Waals surface area contributed by atoms with E-state index in [2.05, 4.69) is 19.9 Å². The van der Waals surface area contributed by atoms with E-state index in [0.29, 0.717) is 30.8 Å². The smallest absolute Gasteiger partial charge is 0.319 e. The molecule has 3 fully saturated rings. The van der Waals surface area contributed by atoms with Crippen molar-refractivity contribution in [3.63, 3.8) is 0 Å². The molecule has 0 aromatic carbocycles. The number of anilines is 1. The van der Waals surface area contributed by atoms with Crippen LogP contribution >= 0.6 is 11.6 Å². The van der Waals surface area contributed by atoms with E-state index in [-0.39, 0.29) is 28.8 Å². The zero-order valence-electron chi connectivity index (χ0n) is 18.8. The van der Waals surface area contributed by atoms with Crippen molar-refractivity contribution >= 4 is 38.2 Å². The number of rotatable bonds is 5.